The van der Waals surface area contributed by atoms with Gasteiger partial charge in [0, 0.05) is 26.2 Å². The molecule has 0 spiro atoms. The fourth-order valence-corrected chi connectivity index (χ4v) is 3.10. The standard InChI is InChI=1S/C20H30N2O2/c1-4-10-21(11-5-2)13-9-19(23)17-7-8-18-20(16-17)24-15-14-22(18)12-6-3/h4-5,7-8,16,19,23H,1-2,6,9-15H2,3H3. The number of anilines is 1. The smallest absolute Gasteiger partial charge is 0.143 e. The minimum atomic E-state index is -0.488. The maximum absolute atomic E-state index is 10.5. The van der Waals surface area contributed by atoms with E-state index in [9.17, 15) is 5.11 Å². The summed E-state index contributed by atoms with van der Waals surface area (Å²) < 4.78 is 5.80. The molecule has 0 radical (unpaired) electrons. The van der Waals surface area contributed by atoms with Gasteiger partial charge in [-0.1, -0.05) is 25.1 Å². The molecular formula is C20H30N2O2. The van der Waals surface area contributed by atoms with E-state index in [1.54, 1.807) is 0 Å². The van der Waals surface area contributed by atoms with Crippen LogP contribution >= 0.6 is 0 Å². The van der Waals surface area contributed by atoms with Crippen molar-refractivity contribution < 1.29 is 9.84 Å². The molecule has 1 N–H and O–H groups in total. The predicted molar refractivity (Wildman–Crippen MR) is 101 cm³/mol. The van der Waals surface area contributed by atoms with E-state index in [1.165, 1.54) is 0 Å². The maximum Gasteiger partial charge on any atom is 0.143 e. The van der Waals surface area contributed by atoms with Crippen LogP contribution in [-0.4, -0.2) is 49.3 Å². The van der Waals surface area contributed by atoms with Crippen LogP contribution in [0.5, 0.6) is 5.75 Å². The van der Waals surface area contributed by atoms with Crippen molar-refractivity contribution in [2.45, 2.75) is 25.9 Å². The zero-order valence-electron chi connectivity index (χ0n) is 14.8. The molecule has 1 unspecified atom stereocenters. The first-order valence-electron chi connectivity index (χ1n) is 8.83. The number of aliphatic hydroxyl groups is 1. The monoisotopic (exact) mass is 330 g/mol. The summed E-state index contributed by atoms with van der Waals surface area (Å²) in [5, 5.41) is 10.5. The lowest BCUT2D eigenvalue weighted by Crippen LogP contribution is -2.33. The van der Waals surface area contributed by atoms with E-state index < -0.39 is 6.10 Å². The third kappa shape index (κ3) is 4.86. The number of ether oxygens (including phenoxy) is 1. The highest BCUT2D eigenvalue weighted by Gasteiger charge is 2.19. The van der Waals surface area contributed by atoms with Crippen LogP contribution in [0, 0.1) is 0 Å². The summed E-state index contributed by atoms with van der Waals surface area (Å²) in [6, 6.07) is 6.09. The first kappa shape index (κ1) is 18.6. The van der Waals surface area contributed by atoms with Crippen LogP contribution in [0.15, 0.2) is 43.5 Å². The van der Waals surface area contributed by atoms with E-state index >= 15 is 0 Å². The lowest BCUT2D eigenvalue weighted by Gasteiger charge is -2.31. The van der Waals surface area contributed by atoms with Gasteiger partial charge in [-0.25, -0.2) is 0 Å². The van der Waals surface area contributed by atoms with Crippen molar-refractivity contribution >= 4 is 5.69 Å². The fraction of sp³-hybridized carbons (Fsp3) is 0.500. The molecule has 132 valence electrons. The third-order valence-corrected chi connectivity index (χ3v) is 4.31. The van der Waals surface area contributed by atoms with Gasteiger partial charge in [0.15, 0.2) is 0 Å². The van der Waals surface area contributed by atoms with Crippen molar-refractivity contribution in [3.8, 4) is 5.75 Å². The number of nitrogens with zero attached hydrogens (tertiary/aromatic N) is 2. The summed E-state index contributed by atoms with van der Waals surface area (Å²) in [6.45, 7) is 14.8. The highest BCUT2D eigenvalue weighted by atomic mass is 16.5. The molecule has 0 aliphatic carbocycles. The number of benzene rings is 1. The molecule has 0 fully saturated rings. The Labute approximate surface area is 146 Å². The lowest BCUT2D eigenvalue weighted by molar-refractivity contribution is 0.148. The zero-order chi connectivity index (χ0) is 17.4. The summed E-state index contributed by atoms with van der Waals surface area (Å²) in [4.78, 5) is 4.56. The number of aliphatic hydroxyl groups excluding tert-OH is 1. The van der Waals surface area contributed by atoms with Crippen molar-refractivity contribution in [3.63, 3.8) is 0 Å². The Bertz CT molecular complexity index is 534. The Balaban J connectivity index is 2.01. The van der Waals surface area contributed by atoms with Gasteiger partial charge in [0.1, 0.15) is 12.4 Å². The van der Waals surface area contributed by atoms with Crippen LogP contribution in [0.25, 0.3) is 0 Å². The lowest BCUT2D eigenvalue weighted by atomic mass is 10.0. The number of fused-ring (bicyclic) bond motifs is 1. The van der Waals surface area contributed by atoms with Gasteiger partial charge < -0.3 is 14.7 Å². The van der Waals surface area contributed by atoms with Crippen LogP contribution in [0.4, 0.5) is 5.69 Å². The zero-order valence-corrected chi connectivity index (χ0v) is 14.8. The van der Waals surface area contributed by atoms with Gasteiger partial charge in [0.05, 0.1) is 18.3 Å². The van der Waals surface area contributed by atoms with Crippen molar-refractivity contribution in [1.29, 1.82) is 0 Å². The van der Waals surface area contributed by atoms with Crippen molar-refractivity contribution in [1.82, 2.24) is 4.90 Å². The molecule has 0 saturated heterocycles. The number of hydrogen-bond donors (Lipinski definition) is 1. The van der Waals surface area contributed by atoms with E-state index in [1.807, 2.05) is 24.3 Å². The molecular weight excluding hydrogens is 300 g/mol. The van der Waals surface area contributed by atoms with Crippen molar-refractivity contribution in [2.24, 2.45) is 0 Å². The average molecular weight is 330 g/mol. The second kappa shape index (κ2) is 9.50. The normalized spacial score (nSPS) is 14.9. The summed E-state index contributed by atoms with van der Waals surface area (Å²) in [6.07, 6.45) is 5.07. The summed E-state index contributed by atoms with van der Waals surface area (Å²) in [7, 11) is 0. The molecule has 1 aromatic carbocycles. The van der Waals surface area contributed by atoms with Gasteiger partial charge >= 0.3 is 0 Å². The van der Waals surface area contributed by atoms with E-state index in [4.69, 9.17) is 4.74 Å². The van der Waals surface area contributed by atoms with Gasteiger partial charge in [-0.15, -0.1) is 13.2 Å². The second-order valence-electron chi connectivity index (χ2n) is 6.20. The molecule has 1 aliphatic rings. The van der Waals surface area contributed by atoms with Gasteiger partial charge in [-0.3, -0.25) is 4.90 Å². The molecule has 1 atom stereocenters. The highest BCUT2D eigenvalue weighted by molar-refractivity contribution is 5.61. The Morgan fingerprint density at radius 3 is 2.75 bits per heavy atom. The molecule has 4 heteroatoms. The molecule has 0 bridgehead atoms. The van der Waals surface area contributed by atoms with Crippen molar-refractivity contribution in [3.05, 3.63) is 49.1 Å². The third-order valence-electron chi connectivity index (χ3n) is 4.31. The largest absolute Gasteiger partial charge is 0.490 e. The van der Waals surface area contributed by atoms with Crippen LogP contribution in [0.2, 0.25) is 0 Å². The Kier molecular flexibility index (Phi) is 7.35. The first-order chi connectivity index (χ1) is 11.7. The molecule has 0 aromatic heterocycles. The molecule has 0 saturated carbocycles. The van der Waals surface area contributed by atoms with E-state index in [-0.39, 0.29) is 0 Å². The SMILES string of the molecule is C=CCN(CC=C)CCC(O)c1ccc2c(c1)OCCN2CCC. The molecule has 2 rings (SSSR count). The summed E-state index contributed by atoms with van der Waals surface area (Å²) in [5.74, 6) is 0.889. The molecule has 0 amide bonds. The highest BCUT2D eigenvalue weighted by Crippen LogP contribution is 2.34. The minimum Gasteiger partial charge on any atom is -0.490 e. The average Bonchev–Trinajstić information content (AvgIpc) is 2.60. The van der Waals surface area contributed by atoms with Gasteiger partial charge in [0.2, 0.25) is 0 Å². The molecule has 4 nitrogen and oxygen atoms in total. The Hall–Kier alpha value is -1.78. The van der Waals surface area contributed by atoms with Crippen LogP contribution in [0.3, 0.4) is 0 Å². The summed E-state index contributed by atoms with van der Waals surface area (Å²) >= 11 is 0. The van der Waals surface area contributed by atoms with Gasteiger partial charge in [-0.05, 0) is 30.5 Å². The minimum absolute atomic E-state index is 0.488. The number of hydrogen-bond acceptors (Lipinski definition) is 4. The second-order valence-corrected chi connectivity index (χ2v) is 6.20. The topological polar surface area (TPSA) is 35.9 Å². The summed E-state index contributed by atoms with van der Waals surface area (Å²) in [5.41, 5.74) is 2.06. The quantitative estimate of drug-likeness (QED) is 0.667. The van der Waals surface area contributed by atoms with Crippen molar-refractivity contribution in [2.75, 3.05) is 44.2 Å². The van der Waals surface area contributed by atoms with E-state index in [2.05, 4.69) is 35.9 Å². The molecule has 24 heavy (non-hydrogen) atoms. The first-order valence-corrected chi connectivity index (χ1v) is 8.83. The fourth-order valence-electron chi connectivity index (χ4n) is 3.10. The Morgan fingerprint density at radius 1 is 1.33 bits per heavy atom. The predicted octanol–water partition coefficient (Wildman–Crippen LogP) is 3.39. The van der Waals surface area contributed by atoms with E-state index in [0.29, 0.717) is 13.0 Å². The maximum atomic E-state index is 10.5. The number of rotatable bonds is 10. The van der Waals surface area contributed by atoms with Gasteiger partial charge in [0.25, 0.3) is 0 Å². The van der Waals surface area contributed by atoms with Crippen LogP contribution in [-0.2, 0) is 0 Å². The molecule has 1 aromatic rings. The van der Waals surface area contributed by atoms with Crippen LogP contribution < -0.4 is 9.64 Å². The molecule has 1 aliphatic heterocycles. The van der Waals surface area contributed by atoms with Crippen LogP contribution in [0.1, 0.15) is 31.4 Å². The molecule has 1 heterocycles. The van der Waals surface area contributed by atoms with E-state index in [0.717, 1.165) is 56.1 Å². The van der Waals surface area contributed by atoms with Gasteiger partial charge in [-0.2, -0.15) is 0 Å². The Morgan fingerprint density at radius 2 is 2.08 bits per heavy atom.